The molecule has 0 radical (unpaired) electrons. The molecule has 5 heterocycles. The molecule has 9 nitrogen and oxygen atoms in total. The maximum Gasteiger partial charge on any atom is 0.355 e. The van der Waals surface area contributed by atoms with Crippen molar-refractivity contribution in [2.45, 2.75) is 63.2 Å². The molecule has 1 saturated heterocycles. The molecule has 6 rings (SSSR count). The Morgan fingerprint density at radius 2 is 1.93 bits per heavy atom. The van der Waals surface area contributed by atoms with Crippen molar-refractivity contribution in [2.24, 2.45) is 0 Å². The Morgan fingerprint density at radius 1 is 1.13 bits per heavy atom. The molecule has 2 aliphatic rings. The van der Waals surface area contributed by atoms with E-state index >= 15 is 8.78 Å². The summed E-state index contributed by atoms with van der Waals surface area (Å²) < 4.78 is 33.2. The third-order valence-electron chi connectivity index (χ3n) is 8.49. The molecule has 0 saturated carbocycles. The number of nitrogens with one attached hydrogen (secondary N) is 1. The number of thioether (sulfide) groups is 1. The Balaban J connectivity index is 1.68. The normalized spacial score (nSPS) is 19.7. The van der Waals surface area contributed by atoms with Gasteiger partial charge in [-0.05, 0) is 62.3 Å². The van der Waals surface area contributed by atoms with Crippen molar-refractivity contribution in [3.63, 3.8) is 0 Å². The summed E-state index contributed by atoms with van der Waals surface area (Å²) in [6.45, 7) is 13.0. The summed E-state index contributed by atoms with van der Waals surface area (Å²) in [6, 6.07) is 7.42. The van der Waals surface area contributed by atoms with Gasteiger partial charge in [0.1, 0.15) is 23.6 Å². The standard InChI is InChI=1S/C33H37F2N7O2S/c1-6-26(43)40-16-20(5)41(17-19(40)4)31-21-15-23(35)29-27-22(34)9-7-10-24(27)36-12-8-14-45-25-11-13-37-28(18(2)3)30(25)42(32(21)38-29)33(44)39-31/h6-7,9-11,13,15,18-20,26,36,43H,1,8,12,14,16-17H2,2-5H3/t19-,20+,26?/m1/s1. The smallest absolute Gasteiger partial charge is 0.355 e. The zero-order valence-corrected chi connectivity index (χ0v) is 26.6. The Bertz CT molecular complexity index is 1830. The molecular formula is C33H37F2N7O2S. The van der Waals surface area contributed by atoms with Crippen LogP contribution < -0.4 is 15.9 Å². The molecule has 12 heteroatoms. The van der Waals surface area contributed by atoms with E-state index in [1.54, 1.807) is 30.1 Å². The highest BCUT2D eigenvalue weighted by Gasteiger charge is 2.35. The SMILES string of the molecule is C=CC(O)N1C[C@H](C)N(c2nc(=O)n3c4nc(c(F)cc24)-c2c(F)cccc2NCCCSc2ccnc(C(C)C)c2-3)C[C@H]1C. The lowest BCUT2D eigenvalue weighted by atomic mass is 10.0. The van der Waals surface area contributed by atoms with Crippen LogP contribution in [0.1, 0.15) is 45.7 Å². The van der Waals surface area contributed by atoms with Crippen molar-refractivity contribution in [1.29, 1.82) is 0 Å². The molecule has 1 fully saturated rings. The van der Waals surface area contributed by atoms with Crippen molar-refractivity contribution in [1.82, 2.24) is 24.4 Å². The Kier molecular flexibility index (Phi) is 8.64. The van der Waals surface area contributed by atoms with Gasteiger partial charge in [-0.1, -0.05) is 26.5 Å². The van der Waals surface area contributed by atoms with Crippen LogP contribution in [0.3, 0.4) is 0 Å². The molecule has 2 bridgehead atoms. The van der Waals surface area contributed by atoms with E-state index in [1.807, 2.05) is 43.6 Å². The number of aliphatic hydroxyl groups excluding tert-OH is 1. The fourth-order valence-electron chi connectivity index (χ4n) is 6.26. The first-order chi connectivity index (χ1) is 21.6. The predicted octanol–water partition coefficient (Wildman–Crippen LogP) is 5.56. The maximum atomic E-state index is 16.3. The van der Waals surface area contributed by atoms with E-state index in [0.717, 1.165) is 11.3 Å². The van der Waals surface area contributed by atoms with Crippen LogP contribution in [0.2, 0.25) is 0 Å². The number of aromatic nitrogens is 4. The van der Waals surface area contributed by atoms with Gasteiger partial charge in [0, 0.05) is 48.5 Å². The number of rotatable bonds is 4. The van der Waals surface area contributed by atoms with Gasteiger partial charge in [0.05, 0.1) is 22.3 Å². The fraction of sp³-hybridized carbons (Fsp3) is 0.394. The first-order valence-corrected chi connectivity index (χ1v) is 16.2. The van der Waals surface area contributed by atoms with Crippen LogP contribution in [0.4, 0.5) is 20.3 Å². The number of fused-ring (bicyclic) bond motifs is 5. The lowest BCUT2D eigenvalue weighted by Gasteiger charge is -2.46. The van der Waals surface area contributed by atoms with Crippen molar-refractivity contribution in [2.75, 3.05) is 35.6 Å². The van der Waals surface area contributed by atoms with Crippen LogP contribution in [0.15, 0.2) is 58.9 Å². The minimum Gasteiger partial charge on any atom is -0.384 e. The Hall–Kier alpha value is -3.87. The fourth-order valence-corrected chi connectivity index (χ4v) is 7.26. The van der Waals surface area contributed by atoms with Crippen LogP contribution in [0, 0.1) is 11.6 Å². The minimum atomic E-state index is -0.828. The Morgan fingerprint density at radius 3 is 2.69 bits per heavy atom. The second-order valence-corrected chi connectivity index (χ2v) is 13.1. The molecule has 1 aromatic carbocycles. The molecule has 0 spiro atoms. The van der Waals surface area contributed by atoms with E-state index in [4.69, 9.17) is 4.98 Å². The van der Waals surface area contributed by atoms with E-state index < -0.39 is 23.6 Å². The minimum absolute atomic E-state index is 0.00525. The average Bonchev–Trinajstić information content (AvgIpc) is 3.02. The third-order valence-corrected chi connectivity index (χ3v) is 9.62. The zero-order valence-electron chi connectivity index (χ0n) is 25.8. The summed E-state index contributed by atoms with van der Waals surface area (Å²) in [5.41, 5.74) is 1.05. The highest BCUT2D eigenvalue weighted by Crippen LogP contribution is 2.38. The lowest BCUT2D eigenvalue weighted by molar-refractivity contribution is 0.0000489. The number of anilines is 2. The number of piperazine rings is 1. The molecule has 3 aromatic heterocycles. The summed E-state index contributed by atoms with van der Waals surface area (Å²) >= 11 is 1.59. The van der Waals surface area contributed by atoms with E-state index in [2.05, 4.69) is 21.9 Å². The van der Waals surface area contributed by atoms with Crippen molar-refractivity contribution in [3.05, 3.63) is 77.0 Å². The quantitative estimate of drug-likeness (QED) is 0.280. The van der Waals surface area contributed by atoms with Gasteiger partial charge in [0.2, 0.25) is 0 Å². The van der Waals surface area contributed by atoms with Crippen molar-refractivity contribution in [3.8, 4) is 16.9 Å². The summed E-state index contributed by atoms with van der Waals surface area (Å²) in [5.74, 6) is -0.405. The van der Waals surface area contributed by atoms with Gasteiger partial charge >= 0.3 is 5.69 Å². The highest BCUT2D eigenvalue weighted by atomic mass is 32.2. The monoisotopic (exact) mass is 633 g/mol. The average molecular weight is 634 g/mol. The van der Waals surface area contributed by atoms with Crippen molar-refractivity contribution >= 4 is 34.3 Å². The number of halogens is 2. The van der Waals surface area contributed by atoms with Gasteiger partial charge in [-0.25, -0.2) is 23.1 Å². The largest absolute Gasteiger partial charge is 0.384 e. The highest BCUT2D eigenvalue weighted by molar-refractivity contribution is 7.99. The second-order valence-electron chi connectivity index (χ2n) is 11.9. The summed E-state index contributed by atoms with van der Waals surface area (Å²) in [5, 5.41) is 14.1. The molecule has 2 aliphatic heterocycles. The summed E-state index contributed by atoms with van der Waals surface area (Å²) in [4.78, 5) is 33.0. The molecule has 236 valence electrons. The van der Waals surface area contributed by atoms with E-state index in [9.17, 15) is 9.90 Å². The predicted molar refractivity (Wildman–Crippen MR) is 175 cm³/mol. The third kappa shape index (κ3) is 5.59. The lowest BCUT2D eigenvalue weighted by Crippen LogP contribution is -2.59. The van der Waals surface area contributed by atoms with Crippen LogP contribution in [-0.4, -0.2) is 73.2 Å². The molecule has 0 amide bonds. The number of nitrogens with zero attached hydrogens (tertiary/aromatic N) is 6. The summed E-state index contributed by atoms with van der Waals surface area (Å²) in [7, 11) is 0. The number of hydrogen-bond donors (Lipinski definition) is 2. The van der Waals surface area contributed by atoms with Crippen LogP contribution in [0.25, 0.3) is 28.0 Å². The molecule has 0 aliphatic carbocycles. The molecule has 3 atom stereocenters. The molecule has 2 N–H and O–H groups in total. The maximum absolute atomic E-state index is 16.3. The number of benzene rings is 1. The van der Waals surface area contributed by atoms with Gasteiger partial charge < -0.3 is 15.3 Å². The number of pyridine rings is 2. The van der Waals surface area contributed by atoms with E-state index in [1.165, 1.54) is 22.8 Å². The van der Waals surface area contributed by atoms with Gasteiger partial charge in [-0.2, -0.15) is 4.98 Å². The molecular weight excluding hydrogens is 596 g/mol. The first kappa shape index (κ1) is 31.1. The van der Waals surface area contributed by atoms with Gasteiger partial charge in [0.15, 0.2) is 11.5 Å². The van der Waals surface area contributed by atoms with E-state index in [0.29, 0.717) is 47.8 Å². The first-order valence-electron chi connectivity index (χ1n) is 15.2. The number of aliphatic hydroxyl groups is 1. The van der Waals surface area contributed by atoms with Crippen molar-refractivity contribution < 1.29 is 13.9 Å². The Labute approximate surface area is 265 Å². The van der Waals surface area contributed by atoms with Crippen LogP contribution >= 0.6 is 11.8 Å². The van der Waals surface area contributed by atoms with Gasteiger partial charge in [-0.15, -0.1) is 11.8 Å². The van der Waals surface area contributed by atoms with Gasteiger partial charge in [0.25, 0.3) is 0 Å². The van der Waals surface area contributed by atoms with E-state index in [-0.39, 0.29) is 40.7 Å². The second kappa shape index (κ2) is 12.5. The van der Waals surface area contributed by atoms with Crippen LogP contribution in [0.5, 0.6) is 0 Å². The molecule has 4 aromatic rings. The number of hydrogen-bond acceptors (Lipinski definition) is 9. The van der Waals surface area contributed by atoms with Crippen LogP contribution in [-0.2, 0) is 0 Å². The molecule has 1 unspecified atom stereocenters. The zero-order chi connectivity index (χ0) is 32.0. The summed E-state index contributed by atoms with van der Waals surface area (Å²) in [6.07, 6.45) is 3.12. The topological polar surface area (TPSA) is 99.4 Å². The molecule has 45 heavy (non-hydrogen) atoms. The van der Waals surface area contributed by atoms with Gasteiger partial charge in [-0.3, -0.25) is 9.88 Å².